The van der Waals surface area contributed by atoms with Crippen molar-refractivity contribution in [3.05, 3.63) is 34.9 Å². The smallest absolute Gasteiger partial charge is 0.198 e. The first-order valence-electron chi connectivity index (χ1n) is 4.31. The van der Waals surface area contributed by atoms with E-state index in [9.17, 15) is 17.6 Å². The van der Waals surface area contributed by atoms with E-state index < -0.39 is 34.7 Å². The number of nitrogens with two attached hydrogens (primary N) is 2. The summed E-state index contributed by atoms with van der Waals surface area (Å²) in [7, 11) is 0. The molecule has 0 saturated heterocycles. The molecular formula is C9H8F4N4. The van der Waals surface area contributed by atoms with E-state index in [1.807, 2.05) is 0 Å². The molecule has 0 aromatic heterocycles. The number of nitrogens with zero attached hydrogens (tertiary/aromatic N) is 2. The number of hydrogen-bond acceptors (Lipinski definition) is 2. The molecule has 0 aliphatic heterocycles. The SMILES string of the molecule is C/C(N)=N/N=C(\N)c1cc(F)c(F)c(F)c1F. The zero-order chi connectivity index (χ0) is 13.2. The molecule has 0 radical (unpaired) electrons. The molecule has 1 rings (SSSR count). The van der Waals surface area contributed by atoms with Crippen molar-refractivity contribution in [3.63, 3.8) is 0 Å². The van der Waals surface area contributed by atoms with Crippen LogP contribution in [0.3, 0.4) is 0 Å². The molecular weight excluding hydrogens is 240 g/mol. The van der Waals surface area contributed by atoms with E-state index in [1.165, 1.54) is 6.92 Å². The summed E-state index contributed by atoms with van der Waals surface area (Å²) in [5.41, 5.74) is 9.62. The summed E-state index contributed by atoms with van der Waals surface area (Å²) in [5.74, 6) is -7.72. The first-order chi connectivity index (χ1) is 7.84. The Kier molecular flexibility index (Phi) is 3.66. The van der Waals surface area contributed by atoms with Crippen molar-refractivity contribution in [2.75, 3.05) is 0 Å². The molecule has 0 bridgehead atoms. The Morgan fingerprint density at radius 2 is 1.59 bits per heavy atom. The lowest BCUT2D eigenvalue weighted by Gasteiger charge is -2.04. The van der Waals surface area contributed by atoms with Crippen LogP contribution in [0.25, 0.3) is 0 Å². The molecule has 0 spiro atoms. The molecule has 0 heterocycles. The van der Waals surface area contributed by atoms with Crippen LogP contribution in [0.15, 0.2) is 16.3 Å². The van der Waals surface area contributed by atoms with Gasteiger partial charge in [0.25, 0.3) is 0 Å². The maximum Gasteiger partial charge on any atom is 0.198 e. The van der Waals surface area contributed by atoms with E-state index in [0.717, 1.165) is 0 Å². The standard InChI is InChI=1S/C9H8F4N4/c1-3(14)16-17-9(15)4-2-5(10)7(12)8(13)6(4)11/h2H,1H3,(H2,14,16)(H2,15,17). The maximum atomic E-state index is 13.2. The second kappa shape index (κ2) is 4.81. The van der Waals surface area contributed by atoms with Crippen LogP contribution < -0.4 is 11.5 Å². The highest BCUT2D eigenvalue weighted by atomic mass is 19.2. The van der Waals surface area contributed by atoms with Crippen molar-refractivity contribution in [3.8, 4) is 0 Å². The number of benzene rings is 1. The van der Waals surface area contributed by atoms with Gasteiger partial charge in [-0.1, -0.05) is 0 Å². The monoisotopic (exact) mass is 248 g/mol. The third-order valence-corrected chi connectivity index (χ3v) is 1.69. The molecule has 17 heavy (non-hydrogen) atoms. The van der Waals surface area contributed by atoms with Gasteiger partial charge in [0.2, 0.25) is 0 Å². The minimum atomic E-state index is -1.97. The van der Waals surface area contributed by atoms with Crippen molar-refractivity contribution in [2.45, 2.75) is 6.92 Å². The van der Waals surface area contributed by atoms with Crippen molar-refractivity contribution >= 4 is 11.7 Å². The summed E-state index contributed by atoms with van der Waals surface area (Å²) in [4.78, 5) is 0. The largest absolute Gasteiger partial charge is 0.386 e. The number of halogens is 4. The Morgan fingerprint density at radius 1 is 1.00 bits per heavy atom. The highest BCUT2D eigenvalue weighted by molar-refractivity contribution is 5.98. The highest BCUT2D eigenvalue weighted by Crippen LogP contribution is 2.18. The van der Waals surface area contributed by atoms with Gasteiger partial charge < -0.3 is 11.5 Å². The van der Waals surface area contributed by atoms with E-state index in [0.29, 0.717) is 6.07 Å². The van der Waals surface area contributed by atoms with Gasteiger partial charge in [-0.2, -0.15) is 0 Å². The quantitative estimate of drug-likeness (QED) is 0.206. The average Bonchev–Trinajstić information content (AvgIpc) is 2.28. The lowest BCUT2D eigenvalue weighted by atomic mass is 10.1. The third kappa shape index (κ3) is 2.71. The first-order valence-corrected chi connectivity index (χ1v) is 4.31. The Bertz CT molecular complexity index is 506. The lowest BCUT2D eigenvalue weighted by Crippen LogP contribution is -2.18. The van der Waals surface area contributed by atoms with E-state index in [-0.39, 0.29) is 5.84 Å². The summed E-state index contributed by atoms with van der Waals surface area (Å²) in [6.45, 7) is 1.37. The van der Waals surface area contributed by atoms with Crippen molar-refractivity contribution in [2.24, 2.45) is 21.7 Å². The third-order valence-electron chi connectivity index (χ3n) is 1.69. The van der Waals surface area contributed by atoms with Crippen LogP contribution in [0.5, 0.6) is 0 Å². The molecule has 0 saturated carbocycles. The average molecular weight is 248 g/mol. The lowest BCUT2D eigenvalue weighted by molar-refractivity contribution is 0.408. The Balaban J connectivity index is 3.33. The molecule has 8 heteroatoms. The number of hydrogen-bond donors (Lipinski definition) is 2. The van der Waals surface area contributed by atoms with Crippen LogP contribution in [0.1, 0.15) is 12.5 Å². The molecule has 1 aromatic rings. The van der Waals surface area contributed by atoms with Crippen molar-refractivity contribution < 1.29 is 17.6 Å². The minimum Gasteiger partial charge on any atom is -0.386 e. The van der Waals surface area contributed by atoms with Crippen LogP contribution in [0.2, 0.25) is 0 Å². The second-order valence-electron chi connectivity index (χ2n) is 3.07. The van der Waals surface area contributed by atoms with Crippen molar-refractivity contribution in [1.29, 1.82) is 0 Å². The molecule has 92 valence electrons. The highest BCUT2D eigenvalue weighted by Gasteiger charge is 2.20. The summed E-state index contributed by atoms with van der Waals surface area (Å²) in [6.07, 6.45) is 0. The van der Waals surface area contributed by atoms with Crippen LogP contribution in [0.4, 0.5) is 17.6 Å². The van der Waals surface area contributed by atoms with Gasteiger partial charge in [0.15, 0.2) is 29.1 Å². The fourth-order valence-electron chi connectivity index (χ4n) is 0.946. The number of amidine groups is 2. The van der Waals surface area contributed by atoms with Crippen molar-refractivity contribution in [1.82, 2.24) is 0 Å². The second-order valence-corrected chi connectivity index (χ2v) is 3.07. The van der Waals surface area contributed by atoms with Gasteiger partial charge in [-0.25, -0.2) is 17.6 Å². The van der Waals surface area contributed by atoms with Gasteiger partial charge in [-0.05, 0) is 13.0 Å². The molecule has 1 aromatic carbocycles. The van der Waals surface area contributed by atoms with Crippen LogP contribution >= 0.6 is 0 Å². The maximum absolute atomic E-state index is 13.2. The number of rotatable bonds is 2. The summed E-state index contributed by atoms with van der Waals surface area (Å²) in [5, 5.41) is 6.50. The van der Waals surface area contributed by atoms with Crippen LogP contribution in [-0.4, -0.2) is 11.7 Å². The Labute approximate surface area is 93.6 Å². The van der Waals surface area contributed by atoms with Gasteiger partial charge in [0, 0.05) is 0 Å². The zero-order valence-corrected chi connectivity index (χ0v) is 8.64. The molecule has 4 N–H and O–H groups in total. The van der Waals surface area contributed by atoms with E-state index in [1.54, 1.807) is 0 Å². The van der Waals surface area contributed by atoms with Gasteiger partial charge in [0.05, 0.1) is 5.56 Å². The molecule has 0 fully saturated rings. The fraction of sp³-hybridized carbons (Fsp3) is 0.111. The van der Waals surface area contributed by atoms with Gasteiger partial charge in [0.1, 0.15) is 5.84 Å². The van der Waals surface area contributed by atoms with E-state index in [2.05, 4.69) is 10.2 Å². The van der Waals surface area contributed by atoms with Crippen LogP contribution in [-0.2, 0) is 0 Å². The van der Waals surface area contributed by atoms with E-state index in [4.69, 9.17) is 11.5 Å². The molecule has 4 nitrogen and oxygen atoms in total. The summed E-state index contributed by atoms with van der Waals surface area (Å²) < 4.78 is 51.5. The summed E-state index contributed by atoms with van der Waals surface area (Å²) >= 11 is 0. The molecule has 0 amide bonds. The van der Waals surface area contributed by atoms with Gasteiger partial charge >= 0.3 is 0 Å². The minimum absolute atomic E-state index is 0.0106. The topological polar surface area (TPSA) is 76.8 Å². The fourth-order valence-corrected chi connectivity index (χ4v) is 0.946. The normalized spacial score (nSPS) is 13.0. The molecule has 0 unspecified atom stereocenters. The summed E-state index contributed by atoms with van der Waals surface area (Å²) in [6, 6.07) is 0.383. The molecule has 0 aliphatic rings. The van der Waals surface area contributed by atoms with Gasteiger partial charge in [-0.15, -0.1) is 10.2 Å². The zero-order valence-electron chi connectivity index (χ0n) is 8.64. The first kappa shape index (κ1) is 12.9. The Hall–Kier alpha value is -2.12. The molecule has 0 atom stereocenters. The molecule has 0 aliphatic carbocycles. The predicted molar refractivity (Wildman–Crippen MR) is 54.3 cm³/mol. The van der Waals surface area contributed by atoms with E-state index >= 15 is 0 Å². The Morgan fingerprint density at radius 3 is 2.12 bits per heavy atom. The predicted octanol–water partition coefficient (Wildman–Crippen LogP) is 1.24. The van der Waals surface area contributed by atoms with Crippen LogP contribution in [0, 0.1) is 23.3 Å². The van der Waals surface area contributed by atoms with Gasteiger partial charge in [-0.3, -0.25) is 0 Å².